The molecule has 0 aromatic rings. The summed E-state index contributed by atoms with van der Waals surface area (Å²) in [6, 6.07) is 0.591. The van der Waals surface area contributed by atoms with Gasteiger partial charge in [0.2, 0.25) is 5.91 Å². The highest BCUT2D eigenvalue weighted by molar-refractivity contribution is 7.84. The minimum atomic E-state index is -0.833. The molecule has 2 aliphatic heterocycles. The second-order valence-corrected chi connectivity index (χ2v) is 7.00. The maximum absolute atomic E-state index is 12.2. The van der Waals surface area contributed by atoms with Gasteiger partial charge in [0, 0.05) is 35.4 Å². The lowest BCUT2D eigenvalue weighted by atomic mass is 10.0. The van der Waals surface area contributed by atoms with Gasteiger partial charge in [-0.25, -0.2) is 0 Å². The third-order valence-electron chi connectivity index (χ3n) is 4.06. The zero-order valence-corrected chi connectivity index (χ0v) is 12.5. The molecule has 2 atom stereocenters. The van der Waals surface area contributed by atoms with E-state index in [2.05, 4.69) is 15.5 Å². The fourth-order valence-corrected chi connectivity index (χ4v) is 3.47. The maximum atomic E-state index is 12.2. The van der Waals surface area contributed by atoms with Crippen LogP contribution in [0.15, 0.2) is 0 Å². The van der Waals surface area contributed by atoms with E-state index in [0.717, 1.165) is 45.3 Å². The van der Waals surface area contributed by atoms with Crippen molar-refractivity contribution in [2.75, 3.05) is 38.2 Å². The summed E-state index contributed by atoms with van der Waals surface area (Å²) in [5.41, 5.74) is 0. The Bertz CT molecular complexity index is 332. The van der Waals surface area contributed by atoms with Crippen molar-refractivity contribution >= 4 is 16.7 Å². The molecule has 0 aliphatic carbocycles. The van der Waals surface area contributed by atoms with Crippen LogP contribution in [0, 0.1) is 0 Å². The third kappa shape index (κ3) is 4.26. The van der Waals surface area contributed by atoms with E-state index in [4.69, 9.17) is 0 Å². The van der Waals surface area contributed by atoms with E-state index < -0.39 is 10.8 Å². The average molecular weight is 287 g/mol. The molecule has 2 fully saturated rings. The standard InChI is InChI=1S/C13H25N3O2S/c1-19(18)10-8-15-13(17)12-3-2-9-16(12)11-4-6-14-7-5-11/h11-12,14H,2-10H2,1H3,(H,15,17). The monoisotopic (exact) mass is 287 g/mol. The molecule has 0 spiro atoms. The number of carbonyl (C=O) groups excluding carboxylic acids is 1. The van der Waals surface area contributed by atoms with Crippen LogP contribution >= 0.6 is 0 Å². The van der Waals surface area contributed by atoms with E-state index in [0.29, 0.717) is 18.3 Å². The lowest BCUT2D eigenvalue weighted by Crippen LogP contribution is -2.51. The Kier molecular flexibility index (Phi) is 5.78. The number of nitrogens with one attached hydrogen (secondary N) is 2. The second kappa shape index (κ2) is 7.36. The molecule has 0 saturated carbocycles. The van der Waals surface area contributed by atoms with E-state index >= 15 is 0 Å². The number of hydrogen-bond donors (Lipinski definition) is 2. The first-order valence-corrected chi connectivity index (χ1v) is 8.95. The lowest BCUT2D eigenvalue weighted by molar-refractivity contribution is -0.126. The first-order valence-electron chi connectivity index (χ1n) is 7.22. The number of rotatable bonds is 5. The third-order valence-corrected chi connectivity index (χ3v) is 4.84. The number of amides is 1. The van der Waals surface area contributed by atoms with Crippen LogP contribution in [0.3, 0.4) is 0 Å². The molecule has 6 heteroatoms. The molecular formula is C13H25N3O2S. The molecule has 2 saturated heterocycles. The smallest absolute Gasteiger partial charge is 0.237 e. The highest BCUT2D eigenvalue weighted by Crippen LogP contribution is 2.24. The number of piperidine rings is 1. The minimum absolute atomic E-state index is 0.0355. The number of likely N-dealkylation sites (tertiary alicyclic amines) is 1. The molecule has 2 unspecified atom stereocenters. The Morgan fingerprint density at radius 3 is 2.79 bits per heavy atom. The van der Waals surface area contributed by atoms with Gasteiger partial charge >= 0.3 is 0 Å². The summed E-state index contributed by atoms with van der Waals surface area (Å²) in [5.74, 6) is 0.674. The first-order chi connectivity index (χ1) is 9.18. The Morgan fingerprint density at radius 2 is 2.11 bits per heavy atom. The van der Waals surface area contributed by atoms with Crippen LogP contribution in [0.5, 0.6) is 0 Å². The molecule has 5 nitrogen and oxygen atoms in total. The van der Waals surface area contributed by atoms with Crippen LogP contribution in [0.2, 0.25) is 0 Å². The molecule has 0 aromatic heterocycles. The molecule has 2 heterocycles. The second-order valence-electron chi connectivity index (χ2n) is 5.45. The predicted octanol–water partition coefficient (Wildman–Crippen LogP) is -0.302. The van der Waals surface area contributed by atoms with Gasteiger partial charge in [-0.2, -0.15) is 0 Å². The van der Waals surface area contributed by atoms with E-state index in [1.807, 2.05) is 0 Å². The Balaban J connectivity index is 1.83. The van der Waals surface area contributed by atoms with E-state index in [1.165, 1.54) is 0 Å². The van der Waals surface area contributed by atoms with Crippen LogP contribution in [0.1, 0.15) is 25.7 Å². The SMILES string of the molecule is CS(=O)CCNC(=O)C1CCCN1C1CCNCC1. The quantitative estimate of drug-likeness (QED) is 0.729. The van der Waals surface area contributed by atoms with E-state index in [1.54, 1.807) is 6.26 Å². The van der Waals surface area contributed by atoms with Crippen molar-refractivity contribution in [2.45, 2.75) is 37.8 Å². The van der Waals surface area contributed by atoms with Gasteiger partial charge in [-0.15, -0.1) is 0 Å². The Morgan fingerprint density at radius 1 is 1.37 bits per heavy atom. The van der Waals surface area contributed by atoms with Crippen molar-refractivity contribution in [2.24, 2.45) is 0 Å². The molecule has 2 N–H and O–H groups in total. The van der Waals surface area contributed by atoms with Crippen LogP contribution in [0.25, 0.3) is 0 Å². The highest BCUT2D eigenvalue weighted by atomic mass is 32.2. The van der Waals surface area contributed by atoms with Crippen molar-refractivity contribution in [1.82, 2.24) is 15.5 Å². The van der Waals surface area contributed by atoms with Crippen molar-refractivity contribution in [3.63, 3.8) is 0 Å². The van der Waals surface area contributed by atoms with Gasteiger partial charge in [-0.1, -0.05) is 0 Å². The summed E-state index contributed by atoms with van der Waals surface area (Å²) in [6.07, 6.45) is 6.03. The molecule has 2 rings (SSSR count). The van der Waals surface area contributed by atoms with Gasteiger partial charge in [-0.3, -0.25) is 13.9 Å². The molecule has 2 aliphatic rings. The molecular weight excluding hydrogens is 262 g/mol. The highest BCUT2D eigenvalue weighted by Gasteiger charge is 2.35. The van der Waals surface area contributed by atoms with E-state index in [9.17, 15) is 9.00 Å². The summed E-state index contributed by atoms with van der Waals surface area (Å²) in [5, 5.41) is 6.30. The van der Waals surface area contributed by atoms with Crippen molar-refractivity contribution < 1.29 is 9.00 Å². The minimum Gasteiger partial charge on any atom is -0.354 e. The molecule has 0 bridgehead atoms. The predicted molar refractivity (Wildman–Crippen MR) is 77.6 cm³/mol. The van der Waals surface area contributed by atoms with Gasteiger partial charge in [0.1, 0.15) is 0 Å². The number of hydrogen-bond acceptors (Lipinski definition) is 4. The van der Waals surface area contributed by atoms with Crippen LogP contribution in [-0.4, -0.2) is 65.3 Å². The van der Waals surface area contributed by atoms with Crippen LogP contribution < -0.4 is 10.6 Å². The maximum Gasteiger partial charge on any atom is 0.237 e. The summed E-state index contributed by atoms with van der Waals surface area (Å²) in [6.45, 7) is 3.69. The summed E-state index contributed by atoms with van der Waals surface area (Å²) >= 11 is 0. The van der Waals surface area contributed by atoms with Gasteiger partial charge in [0.15, 0.2) is 0 Å². The molecule has 0 radical (unpaired) electrons. The normalized spacial score (nSPS) is 27.3. The van der Waals surface area contributed by atoms with Gasteiger partial charge < -0.3 is 10.6 Å². The fourth-order valence-electron chi connectivity index (χ4n) is 3.08. The fraction of sp³-hybridized carbons (Fsp3) is 0.923. The summed E-state index contributed by atoms with van der Waals surface area (Å²) in [7, 11) is -0.833. The molecule has 1 amide bonds. The van der Waals surface area contributed by atoms with Crippen LogP contribution in [-0.2, 0) is 15.6 Å². The molecule has 110 valence electrons. The van der Waals surface area contributed by atoms with Crippen molar-refractivity contribution in [3.05, 3.63) is 0 Å². The zero-order chi connectivity index (χ0) is 13.7. The molecule has 19 heavy (non-hydrogen) atoms. The van der Waals surface area contributed by atoms with Gasteiger partial charge in [-0.05, 0) is 45.3 Å². The first kappa shape index (κ1) is 14.9. The number of nitrogens with zero attached hydrogens (tertiary/aromatic N) is 1. The topological polar surface area (TPSA) is 61.4 Å². The summed E-state index contributed by atoms with van der Waals surface area (Å²) < 4.78 is 11.0. The Labute approximate surface area is 118 Å². The van der Waals surface area contributed by atoms with E-state index in [-0.39, 0.29) is 11.9 Å². The van der Waals surface area contributed by atoms with Gasteiger partial charge in [0.05, 0.1) is 6.04 Å². The average Bonchev–Trinajstić information content (AvgIpc) is 2.88. The zero-order valence-electron chi connectivity index (χ0n) is 11.7. The Hall–Kier alpha value is -0.460. The number of carbonyl (C=O) groups is 1. The van der Waals surface area contributed by atoms with Crippen molar-refractivity contribution in [3.8, 4) is 0 Å². The van der Waals surface area contributed by atoms with Crippen LogP contribution in [0.4, 0.5) is 0 Å². The lowest BCUT2D eigenvalue weighted by Gasteiger charge is -2.35. The largest absolute Gasteiger partial charge is 0.354 e. The molecule has 0 aromatic carbocycles. The van der Waals surface area contributed by atoms with Crippen molar-refractivity contribution in [1.29, 1.82) is 0 Å². The summed E-state index contributed by atoms with van der Waals surface area (Å²) in [4.78, 5) is 14.6. The van der Waals surface area contributed by atoms with Gasteiger partial charge in [0.25, 0.3) is 0 Å².